The van der Waals surface area contributed by atoms with E-state index in [2.05, 4.69) is 10.5 Å². The van der Waals surface area contributed by atoms with Gasteiger partial charge in [0.15, 0.2) is 0 Å². The van der Waals surface area contributed by atoms with Crippen LogP contribution in [-0.4, -0.2) is 27.8 Å². The van der Waals surface area contributed by atoms with Crippen molar-refractivity contribution in [3.63, 3.8) is 0 Å². The van der Waals surface area contributed by atoms with Gasteiger partial charge < -0.3 is 15.0 Å². The highest BCUT2D eigenvalue weighted by Crippen LogP contribution is 2.25. The first kappa shape index (κ1) is 22.3. The third-order valence-corrected chi connectivity index (χ3v) is 6.25. The van der Waals surface area contributed by atoms with E-state index in [1.807, 2.05) is 24.3 Å². The van der Waals surface area contributed by atoms with E-state index in [1.165, 1.54) is 29.0 Å². The molecule has 1 heterocycles. The average Bonchev–Trinajstić information content (AvgIpc) is 3.06. The second kappa shape index (κ2) is 9.27. The number of carboxylic acid groups (broad SMARTS) is 1. The molecule has 0 aliphatic heterocycles. The highest BCUT2D eigenvalue weighted by atomic mass is 35.5. The van der Waals surface area contributed by atoms with Gasteiger partial charge >= 0.3 is 4.87 Å². The van der Waals surface area contributed by atoms with Crippen molar-refractivity contribution in [3.8, 4) is 5.75 Å². The van der Waals surface area contributed by atoms with Crippen LogP contribution >= 0.6 is 22.9 Å². The minimum absolute atomic E-state index is 0.00616. The molecule has 0 saturated carbocycles. The second-order valence-electron chi connectivity index (χ2n) is 7.01. The summed E-state index contributed by atoms with van der Waals surface area (Å²) in [5.74, 6) is -2.13. The van der Waals surface area contributed by atoms with Gasteiger partial charge in [-0.25, -0.2) is 5.43 Å². The fourth-order valence-electron chi connectivity index (χ4n) is 3.22. The molecule has 166 valence electrons. The molecule has 3 aromatic carbocycles. The van der Waals surface area contributed by atoms with Gasteiger partial charge in [-0.2, -0.15) is 5.10 Å². The lowest BCUT2D eigenvalue weighted by atomic mass is 10.1. The largest absolute Gasteiger partial charge is 0.545 e. The van der Waals surface area contributed by atoms with Crippen molar-refractivity contribution in [1.82, 2.24) is 9.99 Å². The zero-order chi connectivity index (χ0) is 23.5. The van der Waals surface area contributed by atoms with Crippen LogP contribution in [0.2, 0.25) is 5.15 Å². The number of benzene rings is 3. The second-order valence-corrected chi connectivity index (χ2v) is 8.36. The number of fused-ring (bicyclic) bond motifs is 1. The number of carboxylic acids is 1. The molecule has 0 saturated heterocycles. The Morgan fingerprint density at radius 1 is 1.12 bits per heavy atom. The smallest absolute Gasteiger partial charge is 0.309 e. The summed E-state index contributed by atoms with van der Waals surface area (Å²) in [6.45, 7) is 0.0560. The zero-order valence-corrected chi connectivity index (χ0v) is 18.4. The van der Waals surface area contributed by atoms with Gasteiger partial charge in [-0.3, -0.25) is 14.2 Å². The topological polar surface area (TPSA) is 124 Å². The molecule has 0 aliphatic rings. The van der Waals surface area contributed by atoms with E-state index in [9.17, 15) is 24.6 Å². The Morgan fingerprint density at radius 3 is 2.58 bits per heavy atom. The maximum atomic E-state index is 12.5. The maximum Gasteiger partial charge on any atom is 0.309 e. The Morgan fingerprint density at radius 2 is 1.85 bits per heavy atom. The van der Waals surface area contributed by atoms with Gasteiger partial charge in [0.05, 0.1) is 29.2 Å². The number of hydrogen-bond donors (Lipinski definition) is 2. The van der Waals surface area contributed by atoms with Crippen LogP contribution in [0.4, 0.5) is 0 Å². The molecule has 0 spiro atoms. The van der Waals surface area contributed by atoms with Gasteiger partial charge in [-0.05, 0) is 40.1 Å². The van der Waals surface area contributed by atoms with Gasteiger partial charge in [0, 0.05) is 0 Å². The number of nitrogens with zero attached hydrogens (tertiary/aromatic N) is 2. The number of phenolic OH excluding ortho intramolecular Hbond substituents is 1. The van der Waals surface area contributed by atoms with Crippen molar-refractivity contribution in [2.45, 2.75) is 6.54 Å². The lowest BCUT2D eigenvalue weighted by Crippen LogP contribution is -2.22. The number of rotatable bonds is 6. The molecule has 0 atom stereocenters. The van der Waals surface area contributed by atoms with Crippen LogP contribution in [0, 0.1) is 0 Å². The lowest BCUT2D eigenvalue weighted by Gasteiger charge is -2.07. The molecule has 33 heavy (non-hydrogen) atoms. The molecule has 0 unspecified atom stereocenters. The Kier molecular flexibility index (Phi) is 6.25. The number of aromatic hydroxyl groups is 1. The van der Waals surface area contributed by atoms with Crippen molar-refractivity contribution < 1.29 is 19.8 Å². The Bertz CT molecular complexity index is 1470. The van der Waals surface area contributed by atoms with Gasteiger partial charge in [-0.1, -0.05) is 65.4 Å². The molecular formula is C23H15ClN3O5S-. The third kappa shape index (κ3) is 4.79. The van der Waals surface area contributed by atoms with Gasteiger partial charge in [0.1, 0.15) is 10.9 Å². The molecular weight excluding hydrogens is 466 g/mol. The van der Waals surface area contributed by atoms with E-state index in [0.29, 0.717) is 10.4 Å². The quantitative estimate of drug-likeness (QED) is 0.324. The van der Waals surface area contributed by atoms with E-state index in [4.69, 9.17) is 11.6 Å². The Labute approximate surface area is 196 Å². The molecule has 4 aromatic rings. The number of nitrogens with one attached hydrogen (secondary N) is 1. The summed E-state index contributed by atoms with van der Waals surface area (Å²) in [7, 11) is 0. The van der Waals surface area contributed by atoms with Crippen LogP contribution in [0.5, 0.6) is 5.75 Å². The summed E-state index contributed by atoms with van der Waals surface area (Å²) in [6.07, 6.45) is 1.23. The van der Waals surface area contributed by atoms with Gasteiger partial charge in [0.2, 0.25) is 0 Å². The summed E-state index contributed by atoms with van der Waals surface area (Å²) in [4.78, 5) is 35.8. The highest BCUT2D eigenvalue weighted by molar-refractivity contribution is 7.11. The first-order valence-corrected chi connectivity index (χ1v) is 10.8. The summed E-state index contributed by atoms with van der Waals surface area (Å²) in [5, 5.41) is 26.7. The molecule has 2 N–H and O–H groups in total. The number of carbonyl (C=O) groups is 2. The molecule has 10 heteroatoms. The fourth-order valence-corrected chi connectivity index (χ4v) is 4.32. The van der Waals surface area contributed by atoms with E-state index in [0.717, 1.165) is 22.1 Å². The summed E-state index contributed by atoms with van der Waals surface area (Å²) in [5.41, 5.74) is 2.92. The molecule has 4 rings (SSSR count). The van der Waals surface area contributed by atoms with Crippen LogP contribution in [0.25, 0.3) is 10.8 Å². The standard InChI is InChI=1S/C23H16ClN3O5S/c24-20-19(33-23(32)27(20)12-13-4-3-7-16(8-13)22(30)31)11-25-26-21(29)17-9-14-5-1-2-6-15(14)10-18(17)28/h1-11,28H,12H2,(H,26,29)(H,30,31)/p-1/b25-11-. The fraction of sp³-hybridized carbons (Fsp3) is 0.0435. The van der Waals surface area contributed by atoms with Gasteiger partial charge in [-0.15, -0.1) is 0 Å². The normalized spacial score (nSPS) is 11.2. The van der Waals surface area contributed by atoms with Crippen LogP contribution in [0.3, 0.4) is 0 Å². The molecule has 8 nitrogen and oxygen atoms in total. The molecule has 0 radical (unpaired) electrons. The predicted molar refractivity (Wildman–Crippen MR) is 124 cm³/mol. The minimum atomic E-state index is -1.32. The number of hydrazone groups is 1. The molecule has 0 fully saturated rings. The summed E-state index contributed by atoms with van der Waals surface area (Å²) < 4.78 is 1.26. The minimum Gasteiger partial charge on any atom is -0.545 e. The number of carbonyl (C=O) groups excluding carboxylic acids is 2. The maximum absolute atomic E-state index is 12.5. The number of thiazole rings is 1. The average molecular weight is 481 g/mol. The predicted octanol–water partition coefficient (Wildman–Crippen LogP) is 2.60. The van der Waals surface area contributed by atoms with Crippen LogP contribution in [0.15, 0.2) is 70.6 Å². The Balaban J connectivity index is 1.51. The van der Waals surface area contributed by atoms with Crippen LogP contribution < -0.4 is 15.4 Å². The van der Waals surface area contributed by atoms with E-state index < -0.39 is 11.9 Å². The van der Waals surface area contributed by atoms with E-state index >= 15 is 0 Å². The van der Waals surface area contributed by atoms with Crippen LogP contribution in [-0.2, 0) is 6.54 Å². The lowest BCUT2D eigenvalue weighted by molar-refractivity contribution is -0.255. The number of halogens is 1. The molecule has 0 aliphatic carbocycles. The molecule has 1 aromatic heterocycles. The summed E-state index contributed by atoms with van der Waals surface area (Å²) >= 11 is 7.13. The first-order valence-electron chi connectivity index (χ1n) is 9.58. The first-order chi connectivity index (χ1) is 15.8. The van der Waals surface area contributed by atoms with E-state index in [1.54, 1.807) is 18.2 Å². The SMILES string of the molecule is O=C([O-])c1cccc(Cn2c(Cl)c(/C=N\NC(=O)c3cc4ccccc4cc3O)sc2=O)c1. The van der Waals surface area contributed by atoms with Crippen molar-refractivity contribution in [1.29, 1.82) is 0 Å². The monoisotopic (exact) mass is 480 g/mol. The number of phenols is 1. The van der Waals surface area contributed by atoms with Crippen molar-refractivity contribution >= 4 is 51.8 Å². The zero-order valence-electron chi connectivity index (χ0n) is 16.8. The van der Waals surface area contributed by atoms with Crippen molar-refractivity contribution in [2.75, 3.05) is 0 Å². The van der Waals surface area contributed by atoms with Crippen molar-refractivity contribution in [2.24, 2.45) is 5.10 Å². The van der Waals surface area contributed by atoms with E-state index in [-0.39, 0.29) is 33.4 Å². The van der Waals surface area contributed by atoms with Crippen LogP contribution in [0.1, 0.15) is 31.2 Å². The third-order valence-electron chi connectivity index (χ3n) is 4.82. The summed E-state index contributed by atoms with van der Waals surface area (Å²) in [6, 6.07) is 16.3. The molecule has 0 bridgehead atoms. The number of amides is 1. The molecule has 1 amide bonds. The number of aromatic nitrogens is 1. The van der Waals surface area contributed by atoms with Gasteiger partial charge in [0.25, 0.3) is 5.91 Å². The Hall–Kier alpha value is -3.95. The highest BCUT2D eigenvalue weighted by Gasteiger charge is 2.14. The van der Waals surface area contributed by atoms with Crippen molar-refractivity contribution in [3.05, 3.63) is 97.1 Å². The number of aromatic carboxylic acids is 1. The number of hydrogen-bond acceptors (Lipinski definition) is 7.